The number of imidazole rings is 1. The molecule has 0 unspecified atom stereocenters. The van der Waals surface area contributed by atoms with Gasteiger partial charge < -0.3 is 15.3 Å². The Morgan fingerprint density at radius 2 is 2.00 bits per heavy atom. The van der Waals surface area contributed by atoms with E-state index in [-0.39, 0.29) is 23.5 Å². The Labute approximate surface area is 180 Å². The summed E-state index contributed by atoms with van der Waals surface area (Å²) in [6.07, 6.45) is 6.89. The van der Waals surface area contributed by atoms with Gasteiger partial charge >= 0.3 is 0 Å². The fourth-order valence-corrected chi connectivity index (χ4v) is 4.56. The molecule has 0 radical (unpaired) electrons. The maximum absolute atomic E-state index is 12.5. The zero-order valence-corrected chi connectivity index (χ0v) is 18.0. The molecule has 0 aliphatic heterocycles. The normalized spacial score (nSPS) is 14.5. The molecule has 2 aromatic heterocycles. The second-order valence-electron chi connectivity index (χ2n) is 8.41. The van der Waals surface area contributed by atoms with Crippen molar-refractivity contribution in [2.24, 2.45) is 0 Å². The quantitative estimate of drug-likeness (QED) is 0.572. The molecule has 0 saturated heterocycles. The minimum atomic E-state index is -0.383. The Hall–Kier alpha value is -3.40. The number of rotatable bonds is 5. The van der Waals surface area contributed by atoms with Crippen molar-refractivity contribution >= 4 is 22.6 Å². The topological polar surface area (TPSA) is 114 Å². The predicted octanol–water partition coefficient (Wildman–Crippen LogP) is 4.36. The van der Waals surface area contributed by atoms with Crippen molar-refractivity contribution in [2.45, 2.75) is 64.7 Å². The molecule has 1 aliphatic rings. The van der Waals surface area contributed by atoms with Gasteiger partial charge in [-0.05, 0) is 62.4 Å². The molecule has 7 heteroatoms. The van der Waals surface area contributed by atoms with Gasteiger partial charge in [-0.2, -0.15) is 5.26 Å². The van der Waals surface area contributed by atoms with E-state index in [1.807, 2.05) is 24.3 Å². The largest absolute Gasteiger partial charge is 0.342 e. The van der Waals surface area contributed by atoms with E-state index in [0.717, 1.165) is 28.1 Å². The highest BCUT2D eigenvalue weighted by molar-refractivity contribution is 5.93. The van der Waals surface area contributed by atoms with Crippen LogP contribution in [0, 0.1) is 25.2 Å². The molecule has 1 aliphatic carbocycles. The first-order valence-corrected chi connectivity index (χ1v) is 10.9. The number of anilines is 1. The van der Waals surface area contributed by atoms with Crippen molar-refractivity contribution in [2.75, 3.05) is 5.32 Å². The summed E-state index contributed by atoms with van der Waals surface area (Å²) >= 11 is 0. The first-order chi connectivity index (χ1) is 15.0. The molecule has 0 bridgehead atoms. The van der Waals surface area contributed by atoms with Gasteiger partial charge in [-0.1, -0.05) is 19.3 Å². The van der Waals surface area contributed by atoms with E-state index in [1.165, 1.54) is 32.1 Å². The van der Waals surface area contributed by atoms with E-state index >= 15 is 0 Å². The van der Waals surface area contributed by atoms with Crippen LogP contribution in [0.1, 0.15) is 72.7 Å². The highest BCUT2D eigenvalue weighted by Crippen LogP contribution is 2.32. The van der Waals surface area contributed by atoms with Crippen LogP contribution in [0.4, 0.5) is 5.69 Å². The number of hydrogen-bond donors (Lipinski definition) is 3. The second-order valence-corrected chi connectivity index (χ2v) is 8.41. The van der Waals surface area contributed by atoms with Crippen molar-refractivity contribution in [1.82, 2.24) is 15.0 Å². The third-order valence-corrected chi connectivity index (χ3v) is 6.30. The Morgan fingerprint density at radius 3 is 2.74 bits per heavy atom. The van der Waals surface area contributed by atoms with E-state index < -0.39 is 0 Å². The van der Waals surface area contributed by atoms with Gasteiger partial charge in [-0.15, -0.1) is 0 Å². The van der Waals surface area contributed by atoms with Crippen molar-refractivity contribution in [3.8, 4) is 6.07 Å². The van der Waals surface area contributed by atoms with Crippen molar-refractivity contribution < 1.29 is 4.79 Å². The SMILES string of the molecule is Cc1[nH]c(=O)c(C#N)c(C)c1CCC(=O)Nc1ccc2nc(C3CCCCC3)[nH]c2c1. The number of aromatic nitrogens is 3. The number of fused-ring (bicyclic) bond motifs is 1. The third-order valence-electron chi connectivity index (χ3n) is 6.30. The van der Waals surface area contributed by atoms with E-state index in [4.69, 9.17) is 4.98 Å². The molecule has 1 saturated carbocycles. The van der Waals surface area contributed by atoms with E-state index in [2.05, 4.69) is 15.3 Å². The van der Waals surface area contributed by atoms with Crippen LogP contribution in [0.2, 0.25) is 0 Å². The zero-order chi connectivity index (χ0) is 22.0. The van der Waals surface area contributed by atoms with Crippen LogP contribution >= 0.6 is 0 Å². The lowest BCUT2D eigenvalue weighted by atomic mass is 9.89. The van der Waals surface area contributed by atoms with Gasteiger partial charge in [0.2, 0.25) is 5.91 Å². The average molecular weight is 418 g/mol. The Bertz CT molecular complexity index is 1230. The molecule has 3 N–H and O–H groups in total. The molecule has 0 atom stereocenters. The number of H-pyrrole nitrogens is 2. The summed E-state index contributed by atoms with van der Waals surface area (Å²) in [6, 6.07) is 7.68. The number of pyridine rings is 1. The minimum absolute atomic E-state index is 0.111. The molecule has 1 amide bonds. The van der Waals surface area contributed by atoms with Gasteiger partial charge in [0.15, 0.2) is 0 Å². The molecule has 3 aromatic rings. The van der Waals surface area contributed by atoms with Crippen LogP contribution in [0.5, 0.6) is 0 Å². The van der Waals surface area contributed by atoms with Crippen LogP contribution in [-0.4, -0.2) is 20.9 Å². The van der Waals surface area contributed by atoms with Crippen LogP contribution in [0.15, 0.2) is 23.0 Å². The summed E-state index contributed by atoms with van der Waals surface area (Å²) in [5.41, 5.74) is 4.49. The van der Waals surface area contributed by atoms with Gasteiger partial charge in [0, 0.05) is 23.7 Å². The molecular weight excluding hydrogens is 390 g/mol. The third kappa shape index (κ3) is 4.38. The van der Waals surface area contributed by atoms with Crippen LogP contribution in [0.25, 0.3) is 11.0 Å². The number of nitrogens with zero attached hydrogens (tertiary/aromatic N) is 2. The van der Waals surface area contributed by atoms with E-state index in [0.29, 0.717) is 23.6 Å². The van der Waals surface area contributed by atoms with Crippen LogP contribution < -0.4 is 10.9 Å². The second kappa shape index (κ2) is 8.76. The number of carbonyl (C=O) groups excluding carboxylic acids is 1. The highest BCUT2D eigenvalue weighted by atomic mass is 16.1. The number of aryl methyl sites for hydroxylation is 1. The number of nitriles is 1. The first-order valence-electron chi connectivity index (χ1n) is 10.9. The Kier molecular flexibility index (Phi) is 5.90. The lowest BCUT2D eigenvalue weighted by Crippen LogP contribution is -2.18. The number of benzene rings is 1. The maximum atomic E-state index is 12.5. The molecule has 4 rings (SSSR count). The molecule has 31 heavy (non-hydrogen) atoms. The fourth-order valence-electron chi connectivity index (χ4n) is 4.56. The van der Waals surface area contributed by atoms with E-state index in [1.54, 1.807) is 13.8 Å². The zero-order valence-electron chi connectivity index (χ0n) is 18.0. The molecule has 1 aromatic carbocycles. The van der Waals surface area contributed by atoms with Crippen LogP contribution in [0.3, 0.4) is 0 Å². The average Bonchev–Trinajstić information content (AvgIpc) is 3.18. The lowest BCUT2D eigenvalue weighted by Gasteiger charge is -2.18. The van der Waals surface area contributed by atoms with Gasteiger partial charge in [-0.25, -0.2) is 4.98 Å². The number of aromatic amines is 2. The summed E-state index contributed by atoms with van der Waals surface area (Å²) in [7, 11) is 0. The molecule has 1 fully saturated rings. The Balaban J connectivity index is 1.44. The van der Waals surface area contributed by atoms with E-state index in [9.17, 15) is 14.9 Å². The fraction of sp³-hybridized carbons (Fsp3) is 0.417. The lowest BCUT2D eigenvalue weighted by molar-refractivity contribution is -0.116. The number of hydrogen-bond acceptors (Lipinski definition) is 4. The molecule has 0 spiro atoms. The summed E-state index contributed by atoms with van der Waals surface area (Å²) < 4.78 is 0. The van der Waals surface area contributed by atoms with Crippen molar-refractivity contribution in [1.29, 1.82) is 5.26 Å². The summed E-state index contributed by atoms with van der Waals surface area (Å²) in [5, 5.41) is 12.1. The number of nitrogens with one attached hydrogen (secondary N) is 3. The molecule has 2 heterocycles. The van der Waals surface area contributed by atoms with Gasteiger partial charge in [-0.3, -0.25) is 9.59 Å². The van der Waals surface area contributed by atoms with Gasteiger partial charge in [0.25, 0.3) is 5.56 Å². The highest BCUT2D eigenvalue weighted by Gasteiger charge is 2.19. The number of carbonyl (C=O) groups is 1. The number of amides is 1. The molecular formula is C24H27N5O2. The maximum Gasteiger partial charge on any atom is 0.266 e. The van der Waals surface area contributed by atoms with Gasteiger partial charge in [0.05, 0.1) is 11.0 Å². The van der Waals surface area contributed by atoms with Crippen LogP contribution in [-0.2, 0) is 11.2 Å². The first kappa shape index (κ1) is 20.9. The monoisotopic (exact) mass is 417 g/mol. The summed E-state index contributed by atoms with van der Waals surface area (Å²) in [5.74, 6) is 1.44. The summed E-state index contributed by atoms with van der Waals surface area (Å²) in [6.45, 7) is 3.54. The van der Waals surface area contributed by atoms with Crippen molar-refractivity contribution in [3.05, 3.63) is 56.8 Å². The smallest absolute Gasteiger partial charge is 0.266 e. The predicted molar refractivity (Wildman–Crippen MR) is 120 cm³/mol. The molecule has 7 nitrogen and oxygen atoms in total. The van der Waals surface area contributed by atoms with Crippen molar-refractivity contribution in [3.63, 3.8) is 0 Å². The Morgan fingerprint density at radius 1 is 1.23 bits per heavy atom. The minimum Gasteiger partial charge on any atom is -0.342 e. The standard InChI is InChI=1S/C24H27N5O2/c1-14-18(15(2)26-24(31)19(14)13-25)9-11-22(30)27-17-8-10-20-21(12-17)29-23(28-20)16-6-4-3-5-7-16/h8,10,12,16H,3-7,9,11H2,1-2H3,(H,26,31)(H,27,30)(H,28,29). The summed E-state index contributed by atoms with van der Waals surface area (Å²) in [4.78, 5) is 35.3. The van der Waals surface area contributed by atoms with Gasteiger partial charge in [0.1, 0.15) is 17.5 Å². The molecule has 160 valence electrons.